The number of nitrogens with one attached hydrogen (secondary N) is 1. The molecule has 7 nitrogen and oxygen atoms in total. The van der Waals surface area contributed by atoms with Gasteiger partial charge in [0.2, 0.25) is 0 Å². The molecular weight excluding hydrogens is 339 g/mol. The maximum absolute atomic E-state index is 12.2. The average Bonchev–Trinajstić information content (AvgIpc) is 2.26. The molecule has 0 radical (unpaired) electrons. The van der Waals surface area contributed by atoms with Crippen LogP contribution in [-0.2, 0) is 24.4 Å². The van der Waals surface area contributed by atoms with Crippen molar-refractivity contribution in [1.29, 1.82) is 0 Å². The number of rotatable bonds is 2. The second kappa shape index (κ2) is 5.99. The van der Waals surface area contributed by atoms with Gasteiger partial charge in [-0.05, 0) is 31.6 Å². The number of fused-ring (bicyclic) bond motifs is 3. The molecule has 0 aromatic carbocycles. The monoisotopic (exact) mass is 355 g/mol. The highest BCUT2D eigenvalue weighted by atomic mass is 32.2. The highest BCUT2D eigenvalue weighted by Crippen LogP contribution is 2.40. The van der Waals surface area contributed by atoms with E-state index in [1.54, 1.807) is 0 Å². The molecule has 3 fully saturated rings. The van der Waals surface area contributed by atoms with E-state index in [1.165, 1.54) is 0 Å². The van der Waals surface area contributed by atoms with Crippen LogP contribution in [0.25, 0.3) is 0 Å². The van der Waals surface area contributed by atoms with E-state index < -0.39 is 31.5 Å². The quantitative estimate of drug-likeness (QED) is 0.429. The molecule has 0 amide bonds. The van der Waals surface area contributed by atoms with Gasteiger partial charge >= 0.3 is 15.6 Å². The Morgan fingerprint density at radius 3 is 1.90 bits per heavy atom. The minimum absolute atomic E-state index is 0.312. The van der Waals surface area contributed by atoms with E-state index in [4.69, 9.17) is 4.55 Å². The third-order valence-electron chi connectivity index (χ3n) is 3.18. The second-order valence-corrected chi connectivity index (χ2v) is 8.04. The molecule has 1 saturated carbocycles. The second-order valence-electron chi connectivity index (χ2n) is 5.03. The van der Waals surface area contributed by atoms with Crippen molar-refractivity contribution in [1.82, 2.24) is 5.32 Å². The summed E-state index contributed by atoms with van der Waals surface area (Å²) in [6.07, 6.45) is 2.76. The summed E-state index contributed by atoms with van der Waals surface area (Å²) in [6.45, 7) is 0.521. The molecule has 3 aliphatic rings. The largest absolute Gasteiger partial charge is 0.523 e. The Balaban J connectivity index is 0.000000383. The summed E-state index contributed by atoms with van der Waals surface area (Å²) < 4.78 is 88.6. The van der Waals surface area contributed by atoms with Crippen molar-refractivity contribution < 1.29 is 38.7 Å². The molecule has 2 bridgehead atoms. The zero-order valence-corrected chi connectivity index (χ0v) is 12.7. The first kappa shape index (κ1) is 18.6. The maximum Gasteiger partial charge on any atom is 0.523 e. The third-order valence-corrected chi connectivity index (χ3v) is 4.28. The van der Waals surface area contributed by atoms with Crippen molar-refractivity contribution in [2.24, 2.45) is 5.92 Å². The van der Waals surface area contributed by atoms with Crippen LogP contribution in [-0.4, -0.2) is 45.4 Å². The van der Waals surface area contributed by atoms with Gasteiger partial charge in [-0.2, -0.15) is 30.0 Å². The molecular formula is C9H16F3NO6S2. The van der Waals surface area contributed by atoms with Crippen molar-refractivity contribution in [2.75, 3.05) is 12.8 Å². The molecule has 2 N–H and O–H groups in total. The van der Waals surface area contributed by atoms with Gasteiger partial charge in [-0.3, -0.25) is 9.87 Å². The minimum Gasteiger partial charge on any atom is -0.288 e. The first-order valence-electron chi connectivity index (χ1n) is 5.93. The molecule has 2 aliphatic heterocycles. The average molecular weight is 355 g/mol. The zero-order chi connectivity index (χ0) is 16.5. The SMILES string of the molecule is CS(=O)(=O)O.O=S(=O)(OC12CCC(CC1)CN2)C(F)(F)F. The topological polar surface area (TPSA) is 110 Å². The molecule has 0 atom stereocenters. The lowest BCUT2D eigenvalue weighted by Gasteiger charge is -2.46. The molecule has 12 heteroatoms. The van der Waals surface area contributed by atoms with Gasteiger partial charge in [0.25, 0.3) is 10.1 Å². The van der Waals surface area contributed by atoms with Crippen LogP contribution in [0.5, 0.6) is 0 Å². The lowest BCUT2D eigenvalue weighted by atomic mass is 9.79. The van der Waals surface area contributed by atoms with E-state index >= 15 is 0 Å². The van der Waals surface area contributed by atoms with Crippen molar-refractivity contribution in [3.8, 4) is 0 Å². The van der Waals surface area contributed by atoms with Gasteiger partial charge in [-0.1, -0.05) is 0 Å². The molecule has 126 valence electrons. The van der Waals surface area contributed by atoms with Crippen LogP contribution < -0.4 is 5.32 Å². The Hall–Kier alpha value is -0.430. The number of alkyl halides is 3. The third kappa shape index (κ3) is 5.70. The van der Waals surface area contributed by atoms with Gasteiger partial charge in [-0.15, -0.1) is 0 Å². The molecule has 3 rings (SSSR count). The zero-order valence-electron chi connectivity index (χ0n) is 11.1. The summed E-state index contributed by atoms with van der Waals surface area (Å²) in [7, 11) is -9.17. The standard InChI is InChI=1S/C8H12F3NO3S.CH4O3S/c9-8(10,11)16(13,14)15-7-3-1-6(2-4-7)5-12-7;1-5(2,3)4/h6,12H,1-5H2;1H3,(H,2,3,4). The molecule has 2 saturated heterocycles. The molecule has 0 aromatic rings. The van der Waals surface area contributed by atoms with Crippen molar-refractivity contribution in [2.45, 2.75) is 36.9 Å². The lowest BCUT2D eigenvalue weighted by molar-refractivity contribution is -0.0904. The first-order valence-corrected chi connectivity index (χ1v) is 9.19. The minimum atomic E-state index is -5.51. The highest BCUT2D eigenvalue weighted by molar-refractivity contribution is 7.87. The van der Waals surface area contributed by atoms with E-state index in [2.05, 4.69) is 9.50 Å². The highest BCUT2D eigenvalue weighted by Gasteiger charge is 2.54. The van der Waals surface area contributed by atoms with Crippen LogP contribution in [0.2, 0.25) is 0 Å². The number of piperidine rings is 2. The van der Waals surface area contributed by atoms with E-state index in [9.17, 15) is 30.0 Å². The fourth-order valence-electron chi connectivity index (χ4n) is 2.23. The number of hydrogen-bond acceptors (Lipinski definition) is 6. The van der Waals surface area contributed by atoms with E-state index in [0.29, 0.717) is 44.4 Å². The Kier molecular flexibility index (Phi) is 5.31. The molecule has 0 spiro atoms. The summed E-state index contributed by atoms with van der Waals surface area (Å²) in [5, 5.41) is 2.76. The van der Waals surface area contributed by atoms with E-state index in [0.717, 1.165) is 0 Å². The molecule has 1 aliphatic carbocycles. The van der Waals surface area contributed by atoms with E-state index in [-0.39, 0.29) is 0 Å². The van der Waals surface area contributed by atoms with Gasteiger partial charge in [-0.25, -0.2) is 4.18 Å². The van der Waals surface area contributed by atoms with Crippen molar-refractivity contribution in [3.63, 3.8) is 0 Å². The van der Waals surface area contributed by atoms with Gasteiger partial charge in [0.1, 0.15) is 5.72 Å². The molecule has 21 heavy (non-hydrogen) atoms. The van der Waals surface area contributed by atoms with Crippen LogP contribution >= 0.6 is 0 Å². The van der Waals surface area contributed by atoms with Crippen LogP contribution in [0.15, 0.2) is 0 Å². The van der Waals surface area contributed by atoms with E-state index in [1.807, 2.05) is 0 Å². The molecule has 0 unspecified atom stereocenters. The predicted molar refractivity (Wildman–Crippen MR) is 66.2 cm³/mol. The smallest absolute Gasteiger partial charge is 0.288 e. The first-order chi connectivity index (χ1) is 9.24. The Bertz CT molecular complexity index is 541. The van der Waals surface area contributed by atoms with Crippen LogP contribution in [0, 0.1) is 5.92 Å². The predicted octanol–water partition coefficient (Wildman–Crippen LogP) is 0.846. The summed E-state index contributed by atoms with van der Waals surface area (Å²) in [6, 6.07) is 0. The maximum atomic E-state index is 12.2. The van der Waals surface area contributed by atoms with Crippen molar-refractivity contribution >= 4 is 20.2 Å². The summed E-state index contributed by atoms with van der Waals surface area (Å²) in [5.74, 6) is 0.430. The fraction of sp³-hybridized carbons (Fsp3) is 1.00. The van der Waals surface area contributed by atoms with Gasteiger partial charge in [0.05, 0.1) is 6.26 Å². The molecule has 0 aromatic heterocycles. The van der Waals surface area contributed by atoms with Gasteiger partial charge < -0.3 is 0 Å². The number of halogens is 3. The lowest BCUT2D eigenvalue weighted by Crippen LogP contribution is -2.59. The van der Waals surface area contributed by atoms with Crippen molar-refractivity contribution in [3.05, 3.63) is 0 Å². The Morgan fingerprint density at radius 1 is 1.19 bits per heavy atom. The fourth-order valence-corrected chi connectivity index (χ4v) is 2.97. The van der Waals surface area contributed by atoms with Gasteiger partial charge in [0, 0.05) is 6.54 Å². The Morgan fingerprint density at radius 2 is 1.62 bits per heavy atom. The van der Waals surface area contributed by atoms with Crippen LogP contribution in [0.1, 0.15) is 25.7 Å². The molecule has 2 heterocycles. The summed E-state index contributed by atoms with van der Waals surface area (Å²) in [5.41, 5.74) is -6.68. The number of hydrogen-bond donors (Lipinski definition) is 2. The van der Waals surface area contributed by atoms with Crippen LogP contribution in [0.3, 0.4) is 0 Å². The normalized spacial score (nSPS) is 29.7. The summed E-state index contributed by atoms with van der Waals surface area (Å²) >= 11 is 0. The Labute approximate surface area is 120 Å². The summed E-state index contributed by atoms with van der Waals surface area (Å²) in [4.78, 5) is 0. The van der Waals surface area contributed by atoms with Crippen LogP contribution in [0.4, 0.5) is 13.2 Å². The van der Waals surface area contributed by atoms with Gasteiger partial charge in [0.15, 0.2) is 0 Å².